The monoisotopic (exact) mass is 300 g/mol. The molecule has 2 rings (SSSR count). The first kappa shape index (κ1) is 15.7. The summed E-state index contributed by atoms with van der Waals surface area (Å²) < 4.78 is 0. The number of nitrogens with two attached hydrogens (primary N) is 1. The number of carbonyl (C=O) groups excluding carboxylic acids is 1. The second-order valence-corrected chi connectivity index (χ2v) is 4.99. The van der Waals surface area contributed by atoms with E-state index in [1.54, 1.807) is 0 Å². The van der Waals surface area contributed by atoms with Crippen LogP contribution in [0.1, 0.15) is 18.5 Å². The molecule has 0 saturated heterocycles. The van der Waals surface area contributed by atoms with Crippen LogP contribution >= 0.6 is 0 Å². The average molecular weight is 300 g/mol. The first-order valence-electron chi connectivity index (χ1n) is 6.99. The van der Waals surface area contributed by atoms with Crippen molar-refractivity contribution in [1.29, 1.82) is 0 Å². The molecule has 0 radical (unpaired) electrons. The van der Waals surface area contributed by atoms with Crippen LogP contribution in [0.4, 0.5) is 11.4 Å². The molecule has 3 N–H and O–H groups in total. The van der Waals surface area contributed by atoms with E-state index in [0.717, 1.165) is 5.56 Å². The molecule has 0 aromatic heterocycles. The third-order valence-electron chi connectivity index (χ3n) is 3.34. The van der Waals surface area contributed by atoms with Crippen LogP contribution in [0.15, 0.2) is 54.6 Å². The molecule has 6 nitrogen and oxygen atoms in total. The lowest BCUT2D eigenvalue weighted by atomic mass is 10.1. The van der Waals surface area contributed by atoms with E-state index < -0.39 is 4.92 Å². The number of carbonyl (C=O) groups is 1. The molecule has 6 heteroatoms. The van der Waals surface area contributed by atoms with Gasteiger partial charge in [-0.05, 0) is 19.1 Å². The maximum absolute atomic E-state index is 11.9. The summed E-state index contributed by atoms with van der Waals surface area (Å²) in [6, 6.07) is 15.9. The van der Waals surface area contributed by atoms with Crippen LogP contribution in [0.3, 0.4) is 0 Å². The summed E-state index contributed by atoms with van der Waals surface area (Å²) in [6.45, 7) is 2.32. The van der Waals surface area contributed by atoms with Crippen LogP contribution in [0, 0.1) is 10.1 Å². The molecule has 0 aliphatic rings. The van der Waals surface area contributed by atoms with E-state index in [-0.39, 0.29) is 24.2 Å². The number of hydrogen-bond donors (Lipinski definition) is 2. The average Bonchev–Trinajstić information content (AvgIpc) is 2.54. The van der Waals surface area contributed by atoms with E-state index >= 15 is 0 Å². The number of nitro groups is 1. The van der Waals surface area contributed by atoms with Gasteiger partial charge in [-0.15, -0.1) is 0 Å². The zero-order valence-corrected chi connectivity index (χ0v) is 12.2. The van der Waals surface area contributed by atoms with Gasteiger partial charge in [0, 0.05) is 23.4 Å². The van der Waals surface area contributed by atoms with Crippen molar-refractivity contribution >= 4 is 17.3 Å². The lowest BCUT2D eigenvalue weighted by Gasteiger charge is -2.11. The van der Waals surface area contributed by atoms with Gasteiger partial charge in [0.1, 0.15) is 6.04 Å². The fraction of sp³-hybridized carbons (Fsp3) is 0.188. The summed E-state index contributed by atoms with van der Waals surface area (Å²) in [6.07, 6.45) is 0. The Kier molecular flexibility index (Phi) is 5.21. The minimum atomic E-state index is -0.471. The second-order valence-electron chi connectivity index (χ2n) is 4.99. The third kappa shape index (κ3) is 4.39. The number of hydrogen-bond acceptors (Lipinski definition) is 3. The topological polar surface area (TPSA) is 88.8 Å². The van der Waals surface area contributed by atoms with Gasteiger partial charge in [0.15, 0.2) is 6.54 Å². The fourth-order valence-corrected chi connectivity index (χ4v) is 2.05. The molecule has 1 atom stereocenters. The summed E-state index contributed by atoms with van der Waals surface area (Å²) >= 11 is 0. The summed E-state index contributed by atoms with van der Waals surface area (Å²) in [4.78, 5) is 22.0. The number of amides is 1. The standard InChI is InChI=1S/C16H17N3O3/c1-12(13-5-3-2-4-6-13)17-11-16(20)18-14-7-9-15(10-8-14)19(21)22/h2-10,12,17H,11H2,1H3,(H,18,20)/p+1/t12-/m0/s1. The molecule has 0 saturated carbocycles. The number of anilines is 1. The molecular weight excluding hydrogens is 282 g/mol. The molecule has 0 fully saturated rings. The highest BCUT2D eigenvalue weighted by Gasteiger charge is 2.11. The van der Waals surface area contributed by atoms with Gasteiger partial charge in [0.05, 0.1) is 4.92 Å². The van der Waals surface area contributed by atoms with Gasteiger partial charge in [-0.2, -0.15) is 0 Å². The van der Waals surface area contributed by atoms with Crippen molar-refractivity contribution in [2.45, 2.75) is 13.0 Å². The van der Waals surface area contributed by atoms with E-state index in [4.69, 9.17) is 0 Å². The number of nitrogens with one attached hydrogen (secondary N) is 1. The molecule has 0 heterocycles. The normalized spacial score (nSPS) is 11.7. The maximum Gasteiger partial charge on any atom is 0.279 e. The van der Waals surface area contributed by atoms with Crippen molar-refractivity contribution in [1.82, 2.24) is 0 Å². The zero-order chi connectivity index (χ0) is 15.9. The van der Waals surface area contributed by atoms with Gasteiger partial charge in [0.25, 0.3) is 11.6 Å². The second kappa shape index (κ2) is 7.33. The molecule has 0 aliphatic carbocycles. The molecule has 114 valence electrons. The summed E-state index contributed by atoms with van der Waals surface area (Å²) in [7, 11) is 0. The predicted octanol–water partition coefficient (Wildman–Crippen LogP) is 1.86. The first-order chi connectivity index (χ1) is 10.6. The van der Waals surface area contributed by atoms with Crippen LogP contribution in [0.5, 0.6) is 0 Å². The van der Waals surface area contributed by atoms with Crippen LogP contribution in [0.25, 0.3) is 0 Å². The van der Waals surface area contributed by atoms with Crippen molar-refractivity contribution in [3.05, 3.63) is 70.3 Å². The van der Waals surface area contributed by atoms with Gasteiger partial charge in [-0.1, -0.05) is 30.3 Å². The Balaban J connectivity index is 1.84. The first-order valence-corrected chi connectivity index (χ1v) is 6.99. The van der Waals surface area contributed by atoms with E-state index in [1.807, 2.05) is 42.6 Å². The number of nitro benzene ring substituents is 1. The Bertz CT molecular complexity index is 641. The minimum Gasteiger partial charge on any atom is -0.333 e. The maximum atomic E-state index is 11.9. The van der Waals surface area contributed by atoms with Crippen molar-refractivity contribution in [3.63, 3.8) is 0 Å². The molecule has 0 bridgehead atoms. The molecule has 0 spiro atoms. The Morgan fingerprint density at radius 2 is 1.82 bits per heavy atom. The van der Waals surface area contributed by atoms with Gasteiger partial charge in [0.2, 0.25) is 0 Å². The number of rotatable bonds is 6. The highest BCUT2D eigenvalue weighted by Crippen LogP contribution is 2.15. The Hall–Kier alpha value is -2.73. The zero-order valence-electron chi connectivity index (χ0n) is 12.2. The van der Waals surface area contributed by atoms with Crippen molar-refractivity contribution in [3.8, 4) is 0 Å². The third-order valence-corrected chi connectivity index (χ3v) is 3.34. The number of quaternary nitrogens is 1. The summed E-state index contributed by atoms with van der Waals surface area (Å²) in [5.41, 5.74) is 1.71. The smallest absolute Gasteiger partial charge is 0.279 e. The molecule has 1 amide bonds. The lowest BCUT2D eigenvalue weighted by molar-refractivity contribution is -0.682. The number of nitrogens with zero attached hydrogens (tertiary/aromatic N) is 1. The minimum absolute atomic E-state index is 0.00209. The molecule has 22 heavy (non-hydrogen) atoms. The number of benzene rings is 2. The van der Waals surface area contributed by atoms with Crippen molar-refractivity contribution in [2.24, 2.45) is 0 Å². The molecular formula is C16H18N3O3+. The largest absolute Gasteiger partial charge is 0.333 e. The Morgan fingerprint density at radius 1 is 1.18 bits per heavy atom. The highest BCUT2D eigenvalue weighted by molar-refractivity contribution is 5.91. The quantitative estimate of drug-likeness (QED) is 0.630. The Morgan fingerprint density at radius 3 is 2.41 bits per heavy atom. The van der Waals surface area contributed by atoms with E-state index in [0.29, 0.717) is 5.69 Å². The predicted molar refractivity (Wildman–Crippen MR) is 83.4 cm³/mol. The van der Waals surface area contributed by atoms with E-state index in [2.05, 4.69) is 5.32 Å². The summed E-state index contributed by atoms with van der Waals surface area (Å²) in [5.74, 6) is -0.142. The highest BCUT2D eigenvalue weighted by atomic mass is 16.6. The van der Waals surface area contributed by atoms with Crippen LogP contribution in [0.2, 0.25) is 0 Å². The molecule has 2 aromatic carbocycles. The van der Waals surface area contributed by atoms with Crippen molar-refractivity contribution < 1.29 is 15.0 Å². The van der Waals surface area contributed by atoms with Gasteiger partial charge in [-0.3, -0.25) is 14.9 Å². The SMILES string of the molecule is C[C@H]([NH2+]CC(=O)Nc1ccc([N+](=O)[O-])cc1)c1ccccc1. The fourth-order valence-electron chi connectivity index (χ4n) is 2.05. The Labute approximate surface area is 128 Å². The van der Waals surface area contributed by atoms with E-state index in [9.17, 15) is 14.9 Å². The molecule has 2 aromatic rings. The summed E-state index contributed by atoms with van der Waals surface area (Å²) in [5, 5.41) is 15.2. The van der Waals surface area contributed by atoms with Crippen molar-refractivity contribution in [2.75, 3.05) is 11.9 Å². The van der Waals surface area contributed by atoms with E-state index in [1.165, 1.54) is 24.3 Å². The lowest BCUT2D eigenvalue weighted by Crippen LogP contribution is -2.86. The van der Waals surface area contributed by atoms with Crippen LogP contribution < -0.4 is 10.6 Å². The van der Waals surface area contributed by atoms with Gasteiger partial charge < -0.3 is 10.6 Å². The molecule has 0 aliphatic heterocycles. The van der Waals surface area contributed by atoms with Crippen LogP contribution in [-0.2, 0) is 4.79 Å². The molecule has 0 unspecified atom stereocenters. The number of non-ortho nitro benzene ring substituents is 1. The van der Waals surface area contributed by atoms with Crippen LogP contribution in [-0.4, -0.2) is 17.4 Å². The van der Waals surface area contributed by atoms with Gasteiger partial charge >= 0.3 is 0 Å². The van der Waals surface area contributed by atoms with Gasteiger partial charge in [-0.25, -0.2) is 0 Å².